The zero-order valence-electron chi connectivity index (χ0n) is 20.9. The summed E-state index contributed by atoms with van der Waals surface area (Å²) in [7, 11) is 0. The van der Waals surface area contributed by atoms with E-state index in [0.717, 1.165) is 54.3 Å². The first-order chi connectivity index (χ1) is 14.2. The molecule has 4 rings (SSSR count). The van der Waals surface area contributed by atoms with Crippen LogP contribution in [-0.2, 0) is 0 Å². The van der Waals surface area contributed by atoms with Gasteiger partial charge in [-0.05, 0) is 110 Å². The maximum absolute atomic E-state index is 10.2. The molecule has 0 bridgehead atoms. The van der Waals surface area contributed by atoms with E-state index in [1.807, 2.05) is 0 Å². The van der Waals surface area contributed by atoms with Crippen LogP contribution in [0.1, 0.15) is 112 Å². The molecule has 0 saturated heterocycles. The van der Waals surface area contributed by atoms with E-state index in [9.17, 15) is 5.11 Å². The van der Waals surface area contributed by atoms with E-state index in [4.69, 9.17) is 0 Å². The zero-order valence-corrected chi connectivity index (χ0v) is 20.9. The lowest BCUT2D eigenvalue weighted by Crippen LogP contribution is -2.50. The standard InChI is InChI=1S/C29H50O/c1-7-21(19(2)3)9-8-20(4)25-12-13-26-24-11-10-22-18-23(30)14-16-28(22,5)27(24)15-17-29(25,26)6/h10,19-21,23-27,30H,7-9,11-18H2,1-6H3/t20-,21+,23-,24-,25+,26-,27-,28-,29+/m0/s1. The Morgan fingerprint density at radius 3 is 2.47 bits per heavy atom. The Morgan fingerprint density at radius 1 is 1.00 bits per heavy atom. The van der Waals surface area contributed by atoms with Gasteiger partial charge >= 0.3 is 0 Å². The molecule has 4 aliphatic rings. The van der Waals surface area contributed by atoms with Gasteiger partial charge in [-0.15, -0.1) is 0 Å². The van der Waals surface area contributed by atoms with E-state index in [-0.39, 0.29) is 6.10 Å². The third-order valence-corrected chi connectivity index (χ3v) is 11.3. The second-order valence-corrected chi connectivity index (χ2v) is 12.9. The summed E-state index contributed by atoms with van der Waals surface area (Å²) in [4.78, 5) is 0. The highest BCUT2D eigenvalue weighted by molar-refractivity contribution is 5.25. The first-order valence-corrected chi connectivity index (χ1v) is 13.6. The minimum atomic E-state index is -0.0794. The van der Waals surface area contributed by atoms with Crippen molar-refractivity contribution in [1.29, 1.82) is 0 Å². The molecule has 1 N–H and O–H groups in total. The fraction of sp³-hybridized carbons (Fsp3) is 0.931. The van der Waals surface area contributed by atoms with Gasteiger partial charge in [-0.1, -0.05) is 66.0 Å². The lowest BCUT2D eigenvalue weighted by atomic mass is 9.47. The van der Waals surface area contributed by atoms with Crippen molar-refractivity contribution in [2.45, 2.75) is 118 Å². The third kappa shape index (κ3) is 3.74. The number of hydrogen-bond acceptors (Lipinski definition) is 1. The molecular weight excluding hydrogens is 364 g/mol. The normalized spacial score (nSPS) is 45.3. The zero-order chi connectivity index (χ0) is 21.7. The molecule has 1 heteroatoms. The maximum atomic E-state index is 10.2. The third-order valence-electron chi connectivity index (χ3n) is 11.3. The Bertz CT molecular complexity index is 634. The van der Waals surface area contributed by atoms with Crippen LogP contribution in [-0.4, -0.2) is 11.2 Å². The van der Waals surface area contributed by atoms with Crippen LogP contribution in [0.3, 0.4) is 0 Å². The first-order valence-electron chi connectivity index (χ1n) is 13.6. The molecule has 0 aliphatic heterocycles. The lowest BCUT2D eigenvalue weighted by molar-refractivity contribution is -0.0575. The van der Waals surface area contributed by atoms with Crippen molar-refractivity contribution in [3.05, 3.63) is 11.6 Å². The summed E-state index contributed by atoms with van der Waals surface area (Å²) < 4.78 is 0. The topological polar surface area (TPSA) is 20.2 Å². The average Bonchev–Trinajstić information content (AvgIpc) is 3.06. The van der Waals surface area contributed by atoms with Crippen molar-refractivity contribution in [2.75, 3.05) is 0 Å². The van der Waals surface area contributed by atoms with Gasteiger partial charge in [-0.3, -0.25) is 0 Å². The molecule has 0 heterocycles. The van der Waals surface area contributed by atoms with E-state index in [2.05, 4.69) is 47.6 Å². The predicted molar refractivity (Wildman–Crippen MR) is 128 cm³/mol. The average molecular weight is 415 g/mol. The molecule has 30 heavy (non-hydrogen) atoms. The monoisotopic (exact) mass is 414 g/mol. The van der Waals surface area contributed by atoms with Gasteiger partial charge in [-0.25, -0.2) is 0 Å². The van der Waals surface area contributed by atoms with E-state index in [1.165, 1.54) is 57.8 Å². The van der Waals surface area contributed by atoms with Gasteiger partial charge in [0.25, 0.3) is 0 Å². The van der Waals surface area contributed by atoms with E-state index in [1.54, 1.807) is 5.57 Å². The van der Waals surface area contributed by atoms with Gasteiger partial charge < -0.3 is 5.11 Å². The molecule has 0 aromatic carbocycles. The summed E-state index contributed by atoms with van der Waals surface area (Å²) in [6.45, 7) is 15.1. The van der Waals surface area contributed by atoms with Crippen molar-refractivity contribution < 1.29 is 5.11 Å². The van der Waals surface area contributed by atoms with Crippen LogP contribution < -0.4 is 0 Å². The van der Waals surface area contributed by atoms with Crippen LogP contribution >= 0.6 is 0 Å². The Hall–Kier alpha value is -0.300. The minimum Gasteiger partial charge on any atom is -0.393 e. The molecule has 1 nitrogen and oxygen atoms in total. The molecule has 0 spiro atoms. The molecule has 172 valence electrons. The molecule has 0 radical (unpaired) electrons. The SMILES string of the molecule is CC[C@H](CC[C@H](C)[C@H]1CC[C@H]2[C@@H]3CC=C4C[C@@H](O)CC[C@]4(C)[C@H]3CC[C@]12C)C(C)C. The molecule has 0 amide bonds. The quantitative estimate of drug-likeness (QED) is 0.436. The highest BCUT2D eigenvalue weighted by atomic mass is 16.3. The van der Waals surface area contributed by atoms with Crippen LogP contribution in [0.4, 0.5) is 0 Å². The van der Waals surface area contributed by atoms with Crippen molar-refractivity contribution in [2.24, 2.45) is 52.3 Å². The summed E-state index contributed by atoms with van der Waals surface area (Å²) in [5.74, 6) is 6.31. The predicted octanol–water partition coefficient (Wildman–Crippen LogP) is 8.02. The van der Waals surface area contributed by atoms with Crippen LogP contribution in [0.25, 0.3) is 0 Å². The fourth-order valence-corrected chi connectivity index (χ4v) is 9.30. The molecule has 4 aliphatic carbocycles. The van der Waals surface area contributed by atoms with E-state index in [0.29, 0.717) is 10.8 Å². The van der Waals surface area contributed by atoms with Crippen molar-refractivity contribution in [3.63, 3.8) is 0 Å². The smallest absolute Gasteiger partial charge is 0.0577 e. The summed E-state index contributed by atoms with van der Waals surface area (Å²) in [6, 6.07) is 0. The second-order valence-electron chi connectivity index (χ2n) is 12.9. The van der Waals surface area contributed by atoms with Crippen LogP contribution in [0.5, 0.6) is 0 Å². The molecule has 0 aromatic rings. The van der Waals surface area contributed by atoms with Gasteiger partial charge in [0.1, 0.15) is 0 Å². The number of aliphatic hydroxyl groups excluding tert-OH is 1. The molecule has 3 fully saturated rings. The minimum absolute atomic E-state index is 0.0794. The summed E-state index contributed by atoms with van der Waals surface area (Å²) in [5.41, 5.74) is 2.59. The number of hydrogen-bond donors (Lipinski definition) is 1. The second kappa shape index (κ2) is 8.57. The van der Waals surface area contributed by atoms with Gasteiger partial charge in [0.05, 0.1) is 6.10 Å². The highest BCUT2D eigenvalue weighted by Gasteiger charge is 2.59. The number of allylic oxidation sites excluding steroid dienone is 1. The summed E-state index contributed by atoms with van der Waals surface area (Å²) in [6.07, 6.45) is 17.1. The lowest BCUT2D eigenvalue weighted by Gasteiger charge is -2.58. The fourth-order valence-electron chi connectivity index (χ4n) is 9.30. The molecule has 0 aromatic heterocycles. The molecular formula is C29H50O. The molecule has 9 atom stereocenters. The van der Waals surface area contributed by atoms with E-state index < -0.39 is 0 Å². The van der Waals surface area contributed by atoms with Gasteiger partial charge in [0.2, 0.25) is 0 Å². The number of rotatable bonds is 6. The van der Waals surface area contributed by atoms with E-state index >= 15 is 0 Å². The van der Waals surface area contributed by atoms with Crippen LogP contribution in [0, 0.1) is 52.3 Å². The Morgan fingerprint density at radius 2 is 1.77 bits per heavy atom. The Balaban J connectivity index is 1.47. The maximum Gasteiger partial charge on any atom is 0.0577 e. The number of aliphatic hydroxyl groups is 1. The van der Waals surface area contributed by atoms with Gasteiger partial charge in [0.15, 0.2) is 0 Å². The Labute approximate surface area is 187 Å². The van der Waals surface area contributed by atoms with Crippen LogP contribution in [0.2, 0.25) is 0 Å². The van der Waals surface area contributed by atoms with Gasteiger partial charge in [0, 0.05) is 0 Å². The Kier molecular flexibility index (Phi) is 6.53. The van der Waals surface area contributed by atoms with Crippen molar-refractivity contribution >= 4 is 0 Å². The first kappa shape index (κ1) is 22.9. The van der Waals surface area contributed by atoms with Gasteiger partial charge in [-0.2, -0.15) is 0 Å². The summed E-state index contributed by atoms with van der Waals surface area (Å²) >= 11 is 0. The number of fused-ring (bicyclic) bond motifs is 5. The highest BCUT2D eigenvalue weighted by Crippen LogP contribution is 2.67. The summed E-state index contributed by atoms with van der Waals surface area (Å²) in [5, 5.41) is 10.2. The van der Waals surface area contributed by atoms with Crippen LogP contribution in [0.15, 0.2) is 11.6 Å². The van der Waals surface area contributed by atoms with Crippen molar-refractivity contribution in [1.82, 2.24) is 0 Å². The molecule has 3 saturated carbocycles. The largest absolute Gasteiger partial charge is 0.393 e. The van der Waals surface area contributed by atoms with Crippen molar-refractivity contribution in [3.8, 4) is 0 Å². The molecule has 0 unspecified atom stereocenters.